The summed E-state index contributed by atoms with van der Waals surface area (Å²) in [6.45, 7) is 1.81. The first kappa shape index (κ1) is 14.0. The highest BCUT2D eigenvalue weighted by atomic mass is 79.9. The van der Waals surface area contributed by atoms with Gasteiger partial charge in [-0.3, -0.25) is 15.1 Å². The summed E-state index contributed by atoms with van der Waals surface area (Å²) < 4.78 is 5.84. The maximum Gasteiger partial charge on any atom is 0.293 e. The molecule has 0 radical (unpaired) electrons. The predicted molar refractivity (Wildman–Crippen MR) is 84.4 cm³/mol. The van der Waals surface area contributed by atoms with Crippen molar-refractivity contribution in [1.29, 1.82) is 0 Å². The van der Waals surface area contributed by atoms with Crippen LogP contribution in [-0.2, 0) is 0 Å². The van der Waals surface area contributed by atoms with Crippen molar-refractivity contribution in [3.63, 3.8) is 0 Å². The molecular formula is C14H10BrN3O2S. The van der Waals surface area contributed by atoms with Gasteiger partial charge < -0.3 is 4.42 Å². The van der Waals surface area contributed by atoms with Crippen LogP contribution in [-0.4, -0.2) is 15.9 Å². The molecule has 0 saturated carbocycles. The summed E-state index contributed by atoms with van der Waals surface area (Å²) in [5.41, 5.74) is 2.26. The van der Waals surface area contributed by atoms with Gasteiger partial charge in [-0.05, 0) is 41.1 Å². The lowest BCUT2D eigenvalue weighted by Crippen LogP contribution is -2.11. The van der Waals surface area contributed by atoms with Gasteiger partial charge in [0, 0.05) is 17.1 Å². The van der Waals surface area contributed by atoms with Gasteiger partial charge in [0.25, 0.3) is 5.91 Å². The van der Waals surface area contributed by atoms with Crippen LogP contribution < -0.4 is 5.32 Å². The van der Waals surface area contributed by atoms with Crippen molar-refractivity contribution in [3.05, 3.63) is 51.8 Å². The quantitative estimate of drug-likeness (QED) is 0.759. The average molecular weight is 364 g/mol. The van der Waals surface area contributed by atoms with Crippen LogP contribution in [0.2, 0.25) is 0 Å². The summed E-state index contributed by atoms with van der Waals surface area (Å²) >= 11 is 4.55. The van der Waals surface area contributed by atoms with Crippen molar-refractivity contribution in [2.45, 2.75) is 6.92 Å². The third-order valence-corrected chi connectivity index (χ3v) is 3.89. The van der Waals surface area contributed by atoms with Crippen LogP contribution in [0.15, 0.2) is 44.9 Å². The highest BCUT2D eigenvalue weighted by molar-refractivity contribution is 9.10. The first-order chi connectivity index (χ1) is 10.1. The molecule has 3 aromatic rings. The second kappa shape index (κ2) is 5.79. The number of furan rings is 1. The van der Waals surface area contributed by atoms with E-state index in [1.807, 2.05) is 30.5 Å². The number of rotatable bonds is 3. The fourth-order valence-electron chi connectivity index (χ4n) is 1.79. The Bertz CT molecular complexity index is 783. The molecule has 0 atom stereocenters. The number of thiazole rings is 1. The summed E-state index contributed by atoms with van der Waals surface area (Å²) in [6, 6.07) is 7.35. The number of amides is 1. The molecule has 0 bridgehead atoms. The molecule has 0 saturated heterocycles. The number of hydrogen-bond acceptors (Lipinski definition) is 5. The van der Waals surface area contributed by atoms with Crippen LogP contribution in [0, 0.1) is 6.92 Å². The van der Waals surface area contributed by atoms with Crippen molar-refractivity contribution in [1.82, 2.24) is 9.97 Å². The fraction of sp³-hybridized carbons (Fsp3) is 0.0714. The van der Waals surface area contributed by atoms with Gasteiger partial charge >= 0.3 is 0 Å². The molecular weight excluding hydrogens is 354 g/mol. The third kappa shape index (κ3) is 3.03. The number of nitrogens with one attached hydrogen (secondary N) is 1. The Labute approximate surface area is 133 Å². The van der Waals surface area contributed by atoms with Crippen LogP contribution in [0.25, 0.3) is 11.4 Å². The number of anilines is 1. The van der Waals surface area contributed by atoms with Gasteiger partial charge in [-0.15, -0.1) is 11.3 Å². The van der Waals surface area contributed by atoms with Crippen LogP contribution in [0.4, 0.5) is 5.13 Å². The molecule has 3 heterocycles. The first-order valence-electron chi connectivity index (χ1n) is 6.07. The average Bonchev–Trinajstić information content (AvgIpc) is 3.06. The van der Waals surface area contributed by atoms with Crippen molar-refractivity contribution in [2.75, 3.05) is 5.32 Å². The Morgan fingerprint density at radius 2 is 2.24 bits per heavy atom. The highest BCUT2D eigenvalue weighted by Gasteiger charge is 2.16. The van der Waals surface area contributed by atoms with Gasteiger partial charge in [0.1, 0.15) is 5.69 Å². The standard InChI is InChI=1S/C14H10BrN3O2S/c1-8-6-11(15)20-12(8)13(19)18-14-17-10(7-21-14)9-4-2-3-5-16-9/h2-7H,1H3,(H,17,18,19). The van der Waals surface area contributed by atoms with E-state index in [0.29, 0.717) is 9.80 Å². The van der Waals surface area contributed by atoms with E-state index in [1.165, 1.54) is 11.3 Å². The minimum absolute atomic E-state index is 0.275. The number of hydrogen-bond donors (Lipinski definition) is 1. The second-order valence-corrected chi connectivity index (χ2v) is 5.91. The molecule has 0 fully saturated rings. The first-order valence-corrected chi connectivity index (χ1v) is 7.75. The summed E-state index contributed by atoms with van der Waals surface area (Å²) in [5, 5.41) is 5.09. The van der Waals surface area contributed by atoms with Gasteiger partial charge in [-0.25, -0.2) is 4.98 Å². The van der Waals surface area contributed by atoms with Crippen LogP contribution >= 0.6 is 27.3 Å². The molecule has 0 aliphatic carbocycles. The van der Waals surface area contributed by atoms with Gasteiger partial charge in [0.15, 0.2) is 15.6 Å². The van der Waals surface area contributed by atoms with Crippen LogP contribution in [0.3, 0.4) is 0 Å². The maximum atomic E-state index is 12.1. The predicted octanol–water partition coefficient (Wildman–Crippen LogP) is 4.12. The van der Waals surface area contributed by atoms with Gasteiger partial charge in [0.05, 0.1) is 5.69 Å². The molecule has 106 valence electrons. The smallest absolute Gasteiger partial charge is 0.293 e. The molecule has 1 N–H and O–H groups in total. The Kier molecular flexibility index (Phi) is 3.85. The van der Waals surface area contributed by atoms with Crippen molar-refractivity contribution in [3.8, 4) is 11.4 Å². The zero-order chi connectivity index (χ0) is 14.8. The molecule has 21 heavy (non-hydrogen) atoms. The normalized spacial score (nSPS) is 10.6. The fourth-order valence-corrected chi connectivity index (χ4v) is 2.99. The number of carbonyl (C=O) groups is 1. The molecule has 1 amide bonds. The molecule has 3 rings (SSSR count). The lowest BCUT2D eigenvalue weighted by molar-refractivity contribution is 0.0994. The van der Waals surface area contributed by atoms with Crippen LogP contribution in [0.1, 0.15) is 16.1 Å². The van der Waals surface area contributed by atoms with Gasteiger partial charge in [0.2, 0.25) is 0 Å². The number of aryl methyl sites for hydroxylation is 1. The molecule has 5 nitrogen and oxygen atoms in total. The maximum absolute atomic E-state index is 12.1. The van der Waals surface area contributed by atoms with Gasteiger partial charge in [-0.2, -0.15) is 0 Å². The van der Waals surface area contributed by atoms with E-state index in [-0.39, 0.29) is 11.7 Å². The number of pyridine rings is 1. The lowest BCUT2D eigenvalue weighted by Gasteiger charge is -1.99. The number of carbonyl (C=O) groups excluding carboxylic acids is 1. The Morgan fingerprint density at radius 1 is 1.38 bits per heavy atom. The van der Waals surface area contributed by atoms with E-state index >= 15 is 0 Å². The van der Waals surface area contributed by atoms with E-state index in [0.717, 1.165) is 17.0 Å². The molecule has 7 heteroatoms. The zero-order valence-corrected chi connectivity index (χ0v) is 13.4. The Balaban J connectivity index is 1.79. The SMILES string of the molecule is Cc1cc(Br)oc1C(=O)Nc1nc(-c2ccccn2)cs1. The molecule has 0 aliphatic rings. The molecule has 0 aromatic carbocycles. The zero-order valence-electron chi connectivity index (χ0n) is 11.0. The summed E-state index contributed by atoms with van der Waals surface area (Å²) in [7, 11) is 0. The molecule has 3 aromatic heterocycles. The molecule has 0 spiro atoms. The monoisotopic (exact) mass is 363 g/mol. The van der Waals surface area contributed by atoms with Crippen molar-refractivity contribution < 1.29 is 9.21 Å². The Hall–Kier alpha value is -1.99. The summed E-state index contributed by atoms with van der Waals surface area (Å²) in [4.78, 5) is 20.7. The van der Waals surface area contributed by atoms with E-state index in [2.05, 4.69) is 31.2 Å². The minimum Gasteiger partial charge on any atom is -0.444 e. The van der Waals surface area contributed by atoms with Crippen molar-refractivity contribution >= 4 is 38.3 Å². The summed E-state index contributed by atoms with van der Waals surface area (Å²) in [6.07, 6.45) is 1.71. The third-order valence-electron chi connectivity index (χ3n) is 2.75. The minimum atomic E-state index is -0.319. The van der Waals surface area contributed by atoms with E-state index in [1.54, 1.807) is 12.3 Å². The van der Waals surface area contributed by atoms with E-state index in [9.17, 15) is 4.79 Å². The van der Waals surface area contributed by atoms with E-state index in [4.69, 9.17) is 4.42 Å². The number of aromatic nitrogens is 2. The van der Waals surface area contributed by atoms with Crippen LogP contribution in [0.5, 0.6) is 0 Å². The lowest BCUT2D eigenvalue weighted by atomic mass is 10.3. The topological polar surface area (TPSA) is 68.0 Å². The number of halogens is 1. The van der Waals surface area contributed by atoms with Gasteiger partial charge in [-0.1, -0.05) is 6.07 Å². The van der Waals surface area contributed by atoms with E-state index < -0.39 is 0 Å². The summed E-state index contributed by atoms with van der Waals surface area (Å²) in [5.74, 6) is -0.0448. The van der Waals surface area contributed by atoms with Crippen molar-refractivity contribution in [2.24, 2.45) is 0 Å². The largest absolute Gasteiger partial charge is 0.444 e. The Morgan fingerprint density at radius 3 is 2.90 bits per heavy atom. The molecule has 0 aliphatic heterocycles. The number of nitrogens with zero attached hydrogens (tertiary/aromatic N) is 2. The second-order valence-electron chi connectivity index (χ2n) is 4.27. The highest BCUT2D eigenvalue weighted by Crippen LogP contribution is 2.25. The molecule has 0 unspecified atom stereocenters.